The van der Waals surface area contributed by atoms with E-state index >= 15 is 0 Å². The van der Waals surface area contributed by atoms with E-state index in [2.05, 4.69) is 26.0 Å². The molecule has 0 aliphatic heterocycles. The molecule has 0 amide bonds. The van der Waals surface area contributed by atoms with E-state index in [0.717, 1.165) is 16.8 Å². The first-order valence-electron chi connectivity index (χ1n) is 4.74. The number of hydrogen-bond donors (Lipinski definition) is 0. The number of aromatic nitrogens is 1. The van der Waals surface area contributed by atoms with Gasteiger partial charge in [0.25, 0.3) is 0 Å². The van der Waals surface area contributed by atoms with E-state index in [-0.39, 0.29) is 0 Å². The van der Waals surface area contributed by atoms with Gasteiger partial charge in [-0.1, -0.05) is 19.9 Å². The van der Waals surface area contributed by atoms with Crippen LogP contribution in [-0.2, 0) is 0 Å². The minimum Gasteiger partial charge on any atom is -0.308 e. The first-order chi connectivity index (χ1) is 6.74. The maximum atomic E-state index is 9.08. The Hall–Kier alpha value is -1.75. The van der Waals surface area contributed by atoms with Gasteiger partial charge in [-0.3, -0.25) is 0 Å². The molecule has 0 radical (unpaired) electrons. The van der Waals surface area contributed by atoms with Crippen molar-refractivity contribution >= 4 is 5.52 Å². The molecule has 2 heterocycles. The van der Waals surface area contributed by atoms with Gasteiger partial charge in [-0.15, -0.1) is 0 Å². The zero-order chi connectivity index (χ0) is 10.1. The number of nitriles is 1. The lowest BCUT2D eigenvalue weighted by Gasteiger charge is -2.01. The molecule has 2 aromatic heterocycles. The van der Waals surface area contributed by atoms with Gasteiger partial charge in [-0.25, -0.2) is 0 Å². The first-order valence-corrected chi connectivity index (χ1v) is 4.74. The Morgan fingerprint density at radius 3 is 2.79 bits per heavy atom. The Labute approximate surface area is 83.4 Å². The van der Waals surface area contributed by atoms with Crippen LogP contribution < -0.4 is 0 Å². The van der Waals surface area contributed by atoms with Crippen molar-refractivity contribution in [2.45, 2.75) is 19.8 Å². The predicted molar refractivity (Wildman–Crippen MR) is 56.2 cm³/mol. The average molecular weight is 184 g/mol. The topological polar surface area (TPSA) is 28.2 Å². The molecule has 0 fully saturated rings. The SMILES string of the molecule is CC(C)c1cc2ccccn2c1C#N. The predicted octanol–water partition coefficient (Wildman–Crippen LogP) is 2.93. The van der Waals surface area contributed by atoms with Gasteiger partial charge in [0.2, 0.25) is 0 Å². The molecule has 0 N–H and O–H groups in total. The van der Waals surface area contributed by atoms with Gasteiger partial charge in [0.1, 0.15) is 11.8 Å². The molecule has 0 unspecified atom stereocenters. The van der Waals surface area contributed by atoms with Crippen molar-refractivity contribution in [2.24, 2.45) is 0 Å². The molecule has 70 valence electrons. The normalized spacial score (nSPS) is 10.7. The Balaban J connectivity index is 2.81. The molecule has 0 aliphatic rings. The lowest BCUT2D eigenvalue weighted by atomic mass is 10.0. The van der Waals surface area contributed by atoms with Gasteiger partial charge in [-0.05, 0) is 29.7 Å². The highest BCUT2D eigenvalue weighted by Gasteiger charge is 2.11. The van der Waals surface area contributed by atoms with E-state index in [0.29, 0.717) is 5.92 Å². The van der Waals surface area contributed by atoms with E-state index in [1.165, 1.54) is 0 Å². The van der Waals surface area contributed by atoms with Crippen LogP contribution in [0.25, 0.3) is 5.52 Å². The second kappa shape index (κ2) is 3.19. The van der Waals surface area contributed by atoms with E-state index in [1.54, 1.807) is 0 Å². The third-order valence-electron chi connectivity index (χ3n) is 2.44. The first kappa shape index (κ1) is 8.83. The molecule has 0 aromatic carbocycles. The molecule has 14 heavy (non-hydrogen) atoms. The molecule has 0 aliphatic carbocycles. The summed E-state index contributed by atoms with van der Waals surface area (Å²) in [5, 5.41) is 9.08. The highest BCUT2D eigenvalue weighted by Crippen LogP contribution is 2.23. The number of rotatable bonds is 1. The Morgan fingerprint density at radius 2 is 2.14 bits per heavy atom. The Kier molecular flexibility index (Phi) is 2.01. The van der Waals surface area contributed by atoms with Gasteiger partial charge in [0.15, 0.2) is 0 Å². The fraction of sp³-hybridized carbons (Fsp3) is 0.250. The third-order valence-corrected chi connectivity index (χ3v) is 2.44. The third kappa shape index (κ3) is 1.18. The quantitative estimate of drug-likeness (QED) is 0.669. The Bertz CT molecular complexity index is 501. The van der Waals surface area contributed by atoms with Crippen LogP contribution in [0.1, 0.15) is 31.0 Å². The van der Waals surface area contributed by atoms with Crippen molar-refractivity contribution in [3.8, 4) is 6.07 Å². The smallest absolute Gasteiger partial charge is 0.128 e. The molecule has 0 saturated heterocycles. The number of pyridine rings is 1. The van der Waals surface area contributed by atoms with E-state index in [1.807, 2.05) is 28.8 Å². The van der Waals surface area contributed by atoms with Gasteiger partial charge in [0.05, 0.1) is 0 Å². The summed E-state index contributed by atoms with van der Waals surface area (Å²) in [6, 6.07) is 10.3. The summed E-state index contributed by atoms with van der Waals surface area (Å²) < 4.78 is 1.94. The molecule has 2 aromatic rings. The molecule has 2 nitrogen and oxygen atoms in total. The van der Waals surface area contributed by atoms with Crippen molar-refractivity contribution in [2.75, 3.05) is 0 Å². The van der Waals surface area contributed by atoms with Gasteiger partial charge >= 0.3 is 0 Å². The van der Waals surface area contributed by atoms with Crippen LogP contribution in [0.5, 0.6) is 0 Å². The van der Waals surface area contributed by atoms with Crippen molar-refractivity contribution in [3.63, 3.8) is 0 Å². The minimum absolute atomic E-state index is 0.393. The average Bonchev–Trinajstić information content (AvgIpc) is 2.56. The molecular formula is C12H12N2. The molecular weight excluding hydrogens is 172 g/mol. The van der Waals surface area contributed by atoms with Crippen LogP contribution in [-0.4, -0.2) is 4.40 Å². The summed E-state index contributed by atoms with van der Waals surface area (Å²) in [4.78, 5) is 0. The fourth-order valence-electron chi connectivity index (χ4n) is 1.70. The fourth-order valence-corrected chi connectivity index (χ4v) is 1.70. The van der Waals surface area contributed by atoms with Crippen LogP contribution in [0, 0.1) is 11.3 Å². The van der Waals surface area contributed by atoms with Crippen molar-refractivity contribution in [1.29, 1.82) is 5.26 Å². The highest BCUT2D eigenvalue weighted by molar-refractivity contribution is 5.57. The van der Waals surface area contributed by atoms with Gasteiger partial charge < -0.3 is 4.40 Å². The van der Waals surface area contributed by atoms with E-state index < -0.39 is 0 Å². The zero-order valence-electron chi connectivity index (χ0n) is 8.36. The van der Waals surface area contributed by atoms with Crippen LogP contribution in [0.15, 0.2) is 30.5 Å². The second-order valence-electron chi connectivity index (χ2n) is 3.71. The standard InChI is InChI=1S/C12H12N2/c1-9(2)11-7-10-5-3-4-6-14(10)12(11)8-13/h3-7,9H,1-2H3. The minimum atomic E-state index is 0.393. The van der Waals surface area contributed by atoms with Crippen molar-refractivity contribution in [1.82, 2.24) is 4.40 Å². The lowest BCUT2D eigenvalue weighted by Crippen LogP contribution is -1.92. The molecule has 0 atom stereocenters. The summed E-state index contributed by atoms with van der Waals surface area (Å²) in [6.07, 6.45) is 1.93. The highest BCUT2D eigenvalue weighted by atomic mass is 14.9. The van der Waals surface area contributed by atoms with Gasteiger partial charge in [0, 0.05) is 11.7 Å². The molecule has 0 spiro atoms. The molecule has 0 bridgehead atoms. The van der Waals surface area contributed by atoms with Crippen LogP contribution in [0.2, 0.25) is 0 Å². The van der Waals surface area contributed by atoms with Crippen LogP contribution in [0.3, 0.4) is 0 Å². The molecule has 2 rings (SSSR count). The molecule has 2 heteroatoms. The van der Waals surface area contributed by atoms with Crippen LogP contribution >= 0.6 is 0 Å². The molecule has 0 saturated carbocycles. The zero-order valence-corrected chi connectivity index (χ0v) is 8.36. The Morgan fingerprint density at radius 1 is 1.36 bits per heavy atom. The van der Waals surface area contributed by atoms with E-state index in [9.17, 15) is 0 Å². The maximum Gasteiger partial charge on any atom is 0.128 e. The number of nitrogens with zero attached hydrogens (tertiary/aromatic N) is 2. The summed E-state index contributed by atoms with van der Waals surface area (Å²) in [7, 11) is 0. The summed E-state index contributed by atoms with van der Waals surface area (Å²) in [5.41, 5.74) is 2.97. The number of fused-ring (bicyclic) bond motifs is 1. The summed E-state index contributed by atoms with van der Waals surface area (Å²) >= 11 is 0. The largest absolute Gasteiger partial charge is 0.308 e. The summed E-state index contributed by atoms with van der Waals surface area (Å²) in [5.74, 6) is 0.393. The van der Waals surface area contributed by atoms with E-state index in [4.69, 9.17) is 5.26 Å². The van der Waals surface area contributed by atoms with Crippen LogP contribution in [0.4, 0.5) is 0 Å². The second-order valence-corrected chi connectivity index (χ2v) is 3.71. The lowest BCUT2D eigenvalue weighted by molar-refractivity contribution is 0.860. The van der Waals surface area contributed by atoms with Crippen molar-refractivity contribution in [3.05, 3.63) is 41.7 Å². The monoisotopic (exact) mass is 184 g/mol. The maximum absolute atomic E-state index is 9.08. The summed E-state index contributed by atoms with van der Waals surface area (Å²) in [6.45, 7) is 4.21. The van der Waals surface area contributed by atoms with Crippen molar-refractivity contribution < 1.29 is 0 Å². The van der Waals surface area contributed by atoms with Gasteiger partial charge in [-0.2, -0.15) is 5.26 Å². The number of hydrogen-bond acceptors (Lipinski definition) is 1.